The summed E-state index contributed by atoms with van der Waals surface area (Å²) < 4.78 is 22.0. The van der Waals surface area contributed by atoms with Crippen LogP contribution in [0.3, 0.4) is 0 Å². The summed E-state index contributed by atoms with van der Waals surface area (Å²) in [6.45, 7) is -0.662. The van der Waals surface area contributed by atoms with Crippen LogP contribution < -0.4 is 11.5 Å². The van der Waals surface area contributed by atoms with Gasteiger partial charge < -0.3 is 55.9 Å². The molecule has 25 heavy (non-hydrogen) atoms. The van der Waals surface area contributed by atoms with Crippen molar-refractivity contribution in [3.63, 3.8) is 0 Å². The van der Waals surface area contributed by atoms with Gasteiger partial charge in [-0.3, -0.25) is 0 Å². The largest absolute Gasteiger partial charge is 0.391 e. The summed E-state index contributed by atoms with van der Waals surface area (Å²) in [5.74, 6) is -4.69. The van der Waals surface area contributed by atoms with E-state index < -0.39 is 72.9 Å². The maximum absolute atomic E-state index is 10.5. The Morgan fingerprint density at radius 2 is 1.76 bits per heavy atom. The van der Waals surface area contributed by atoms with Gasteiger partial charge in [-0.05, 0) is 0 Å². The maximum atomic E-state index is 10.5. The first-order valence-corrected chi connectivity index (χ1v) is 8.29. The second-order valence-electron chi connectivity index (χ2n) is 7.08. The van der Waals surface area contributed by atoms with E-state index in [4.69, 9.17) is 30.4 Å². The SMILES string of the molecule is NCC1OC2OC(C2O[C@]2(CO)OC3(O)C(C2O)[C@H]3CN)C(O)[C@@H]1O. The van der Waals surface area contributed by atoms with Crippen molar-refractivity contribution in [3.05, 3.63) is 0 Å². The van der Waals surface area contributed by atoms with Crippen LogP contribution in [0.15, 0.2) is 0 Å². The van der Waals surface area contributed by atoms with E-state index in [1.165, 1.54) is 0 Å². The zero-order chi connectivity index (χ0) is 18.1. The highest BCUT2D eigenvalue weighted by Gasteiger charge is 2.80. The minimum absolute atomic E-state index is 0.0399. The lowest BCUT2D eigenvalue weighted by Gasteiger charge is -2.47. The number of nitrogens with two attached hydrogens (primary N) is 2. The fourth-order valence-electron chi connectivity index (χ4n) is 4.19. The smallest absolute Gasteiger partial charge is 0.222 e. The van der Waals surface area contributed by atoms with Crippen LogP contribution in [-0.4, -0.2) is 99.7 Å². The molecule has 0 aromatic carbocycles. The molecule has 11 heteroatoms. The second kappa shape index (κ2) is 5.78. The molecule has 9 N–H and O–H groups in total. The van der Waals surface area contributed by atoms with Gasteiger partial charge in [-0.1, -0.05) is 0 Å². The standard InChI is InChI=1S/C14H24N2O9/c15-1-4-6-11(20)13(3-17,25-14(4,6)21)24-10-9-8(19)7(18)5(2-16)22-12(10)23-9/h4-12,17-21H,1-3,15-16H2/t4-,5?,6?,7-,8?,9?,10?,11?,12?,13-,14?/m1/s1. The Labute approximate surface area is 143 Å². The first kappa shape index (κ1) is 17.9. The summed E-state index contributed by atoms with van der Waals surface area (Å²) >= 11 is 0. The van der Waals surface area contributed by atoms with Crippen molar-refractivity contribution < 1.29 is 44.5 Å². The molecule has 4 aliphatic heterocycles. The highest BCUT2D eigenvalue weighted by molar-refractivity contribution is 5.19. The lowest BCUT2D eigenvalue weighted by Crippen LogP contribution is -2.65. The molecule has 1 aliphatic carbocycles. The molecule has 0 aromatic rings. The summed E-state index contributed by atoms with van der Waals surface area (Å²) in [6, 6.07) is 0. The third kappa shape index (κ3) is 2.26. The molecule has 0 aromatic heterocycles. The Morgan fingerprint density at radius 1 is 1.04 bits per heavy atom. The fourth-order valence-corrected chi connectivity index (χ4v) is 4.19. The molecule has 5 fully saturated rings. The Bertz CT molecular complexity index is 540. The van der Waals surface area contributed by atoms with Gasteiger partial charge in [0.15, 0.2) is 12.1 Å². The molecule has 0 radical (unpaired) electrons. The maximum Gasteiger partial charge on any atom is 0.222 e. The lowest BCUT2D eigenvalue weighted by atomic mass is 9.96. The van der Waals surface area contributed by atoms with Gasteiger partial charge >= 0.3 is 0 Å². The molecule has 0 spiro atoms. The molecule has 0 amide bonds. The van der Waals surface area contributed by atoms with E-state index in [9.17, 15) is 25.5 Å². The summed E-state index contributed by atoms with van der Waals surface area (Å²) in [4.78, 5) is 0. The van der Waals surface area contributed by atoms with Gasteiger partial charge in [0.1, 0.15) is 43.2 Å². The molecular formula is C14H24N2O9. The van der Waals surface area contributed by atoms with Crippen molar-refractivity contribution in [1.82, 2.24) is 0 Å². The zero-order valence-electron chi connectivity index (χ0n) is 13.3. The van der Waals surface area contributed by atoms with Crippen molar-refractivity contribution in [1.29, 1.82) is 0 Å². The van der Waals surface area contributed by atoms with Crippen molar-refractivity contribution in [2.75, 3.05) is 19.7 Å². The molecule has 4 saturated heterocycles. The van der Waals surface area contributed by atoms with Gasteiger partial charge in [-0.25, -0.2) is 0 Å². The minimum Gasteiger partial charge on any atom is -0.391 e. The molecule has 4 heterocycles. The average Bonchev–Trinajstić information content (AvgIpc) is 3.17. The minimum atomic E-state index is -1.90. The molecular weight excluding hydrogens is 340 g/mol. The predicted molar refractivity (Wildman–Crippen MR) is 77.4 cm³/mol. The number of fused-ring (bicyclic) bond motifs is 4. The molecule has 8 unspecified atom stereocenters. The Kier molecular flexibility index (Phi) is 4.15. The number of ether oxygens (including phenoxy) is 4. The van der Waals surface area contributed by atoms with Crippen molar-refractivity contribution >= 4 is 0 Å². The number of aliphatic hydroxyl groups is 5. The first-order chi connectivity index (χ1) is 11.8. The molecule has 1 saturated carbocycles. The van der Waals surface area contributed by atoms with Crippen LogP contribution in [0.25, 0.3) is 0 Å². The van der Waals surface area contributed by atoms with Crippen LogP contribution in [-0.2, 0) is 18.9 Å². The van der Waals surface area contributed by atoms with E-state index in [0.717, 1.165) is 0 Å². The molecule has 144 valence electrons. The first-order valence-electron chi connectivity index (χ1n) is 8.29. The third-order valence-electron chi connectivity index (χ3n) is 5.76. The quantitative estimate of drug-likeness (QED) is 0.247. The van der Waals surface area contributed by atoms with E-state index in [-0.39, 0.29) is 13.1 Å². The van der Waals surface area contributed by atoms with Gasteiger partial charge in [0, 0.05) is 19.0 Å². The van der Waals surface area contributed by atoms with E-state index >= 15 is 0 Å². The van der Waals surface area contributed by atoms with Crippen LogP contribution in [0.2, 0.25) is 0 Å². The van der Waals surface area contributed by atoms with Crippen LogP contribution in [0, 0.1) is 11.8 Å². The normalized spacial score (nSPS) is 59.9. The van der Waals surface area contributed by atoms with Crippen LogP contribution in [0.5, 0.6) is 0 Å². The second-order valence-corrected chi connectivity index (χ2v) is 7.08. The van der Waals surface area contributed by atoms with E-state index in [1.54, 1.807) is 0 Å². The molecule has 11 nitrogen and oxygen atoms in total. The number of hydrogen-bond donors (Lipinski definition) is 7. The van der Waals surface area contributed by atoms with Gasteiger partial charge in [0.2, 0.25) is 5.79 Å². The number of hydrogen-bond acceptors (Lipinski definition) is 11. The van der Waals surface area contributed by atoms with Gasteiger partial charge in [0.25, 0.3) is 0 Å². The van der Waals surface area contributed by atoms with E-state index in [0.29, 0.717) is 0 Å². The van der Waals surface area contributed by atoms with Crippen LogP contribution >= 0.6 is 0 Å². The Balaban J connectivity index is 1.52. The van der Waals surface area contributed by atoms with Crippen molar-refractivity contribution in [2.24, 2.45) is 23.3 Å². The summed E-state index contributed by atoms with van der Waals surface area (Å²) in [5, 5.41) is 50.9. The van der Waals surface area contributed by atoms with Gasteiger partial charge in [-0.15, -0.1) is 0 Å². The molecule has 11 atom stereocenters. The molecule has 5 rings (SSSR count). The van der Waals surface area contributed by atoms with E-state index in [2.05, 4.69) is 0 Å². The van der Waals surface area contributed by atoms with Crippen molar-refractivity contribution in [2.45, 2.75) is 54.5 Å². The number of aliphatic hydroxyl groups excluding tert-OH is 4. The highest BCUT2D eigenvalue weighted by atomic mass is 16.8. The van der Waals surface area contributed by atoms with Crippen molar-refractivity contribution in [3.8, 4) is 0 Å². The predicted octanol–water partition coefficient (Wildman–Crippen LogP) is -4.85. The molecule has 5 aliphatic rings. The van der Waals surface area contributed by atoms with Crippen LogP contribution in [0.1, 0.15) is 0 Å². The van der Waals surface area contributed by atoms with Gasteiger partial charge in [0.05, 0.1) is 5.92 Å². The summed E-state index contributed by atoms with van der Waals surface area (Å²) in [7, 11) is 0. The zero-order valence-corrected chi connectivity index (χ0v) is 13.3. The van der Waals surface area contributed by atoms with E-state index in [1.807, 2.05) is 0 Å². The fraction of sp³-hybridized carbons (Fsp3) is 1.00. The van der Waals surface area contributed by atoms with Crippen LogP contribution in [0.4, 0.5) is 0 Å². The van der Waals surface area contributed by atoms with Gasteiger partial charge in [-0.2, -0.15) is 0 Å². The Hall–Kier alpha value is -0.440. The monoisotopic (exact) mass is 364 g/mol. The highest BCUT2D eigenvalue weighted by Crippen LogP contribution is 2.63. The third-order valence-corrected chi connectivity index (χ3v) is 5.76. The summed E-state index contributed by atoms with van der Waals surface area (Å²) in [5.41, 5.74) is 11.1. The Morgan fingerprint density at radius 3 is 2.28 bits per heavy atom. The molecule has 2 bridgehead atoms. The summed E-state index contributed by atoms with van der Waals surface area (Å²) in [6.07, 6.45) is -7.62. The average molecular weight is 364 g/mol. The topological polar surface area (TPSA) is 190 Å². The number of rotatable bonds is 5. The lowest BCUT2D eigenvalue weighted by molar-refractivity contribution is -0.415.